The Morgan fingerprint density at radius 1 is 1.28 bits per heavy atom. The van der Waals surface area contributed by atoms with Crippen molar-refractivity contribution >= 4 is 0 Å². The molecule has 2 aliphatic rings. The minimum absolute atomic E-state index is 0.0276. The lowest BCUT2D eigenvalue weighted by Gasteiger charge is -2.55. The summed E-state index contributed by atoms with van der Waals surface area (Å²) >= 11 is 0. The van der Waals surface area contributed by atoms with Gasteiger partial charge in [-0.25, -0.2) is 0 Å². The molecular formula is C15H30N2O. The lowest BCUT2D eigenvalue weighted by molar-refractivity contribution is -0.152. The highest BCUT2D eigenvalue weighted by atomic mass is 16.3. The molecule has 2 atom stereocenters. The number of nitrogens with one attached hydrogen (secondary N) is 1. The number of hydrogen-bond acceptors (Lipinski definition) is 3. The topological polar surface area (TPSA) is 58.3 Å². The van der Waals surface area contributed by atoms with Gasteiger partial charge in [-0.2, -0.15) is 0 Å². The van der Waals surface area contributed by atoms with E-state index in [0.717, 1.165) is 38.3 Å². The number of nitrogens with two attached hydrogens (primary N) is 1. The monoisotopic (exact) mass is 254 g/mol. The van der Waals surface area contributed by atoms with Crippen LogP contribution in [0, 0.1) is 17.3 Å². The van der Waals surface area contributed by atoms with E-state index in [1.807, 2.05) is 0 Å². The number of aliphatic hydroxyl groups is 1. The molecule has 1 aliphatic heterocycles. The molecule has 0 aromatic heterocycles. The maximum Gasteiger partial charge on any atom is 0.0765 e. The summed E-state index contributed by atoms with van der Waals surface area (Å²) in [6.07, 6.45) is 6.86. The molecule has 1 heterocycles. The molecule has 2 rings (SSSR count). The van der Waals surface area contributed by atoms with Crippen LogP contribution in [0.2, 0.25) is 0 Å². The van der Waals surface area contributed by atoms with Gasteiger partial charge in [-0.05, 0) is 50.5 Å². The summed E-state index contributed by atoms with van der Waals surface area (Å²) in [5.74, 6) is 1.17. The molecule has 3 heteroatoms. The summed E-state index contributed by atoms with van der Waals surface area (Å²) in [5, 5.41) is 14.6. The second-order valence-corrected chi connectivity index (χ2v) is 6.62. The SMILES string of the molecule is CCC1CCC(CN)(C2(O)CCNCC2C)CC1. The zero-order chi connectivity index (χ0) is 13.2. The summed E-state index contributed by atoms with van der Waals surface area (Å²) in [5.41, 5.74) is 5.55. The van der Waals surface area contributed by atoms with Crippen LogP contribution in [-0.4, -0.2) is 30.3 Å². The van der Waals surface area contributed by atoms with E-state index in [4.69, 9.17) is 5.73 Å². The van der Waals surface area contributed by atoms with Gasteiger partial charge >= 0.3 is 0 Å². The molecule has 0 amide bonds. The van der Waals surface area contributed by atoms with Crippen LogP contribution in [0.25, 0.3) is 0 Å². The van der Waals surface area contributed by atoms with E-state index in [1.165, 1.54) is 19.3 Å². The lowest BCUT2D eigenvalue weighted by Crippen LogP contribution is -2.62. The van der Waals surface area contributed by atoms with E-state index in [9.17, 15) is 5.11 Å². The van der Waals surface area contributed by atoms with Gasteiger partial charge in [0.1, 0.15) is 0 Å². The molecule has 1 saturated heterocycles. The van der Waals surface area contributed by atoms with Crippen LogP contribution in [0.5, 0.6) is 0 Å². The van der Waals surface area contributed by atoms with E-state index in [1.54, 1.807) is 0 Å². The minimum Gasteiger partial charge on any atom is -0.389 e. The third-order valence-corrected chi connectivity index (χ3v) is 5.90. The highest BCUT2D eigenvalue weighted by Crippen LogP contribution is 2.51. The van der Waals surface area contributed by atoms with Gasteiger partial charge in [0.05, 0.1) is 5.60 Å². The summed E-state index contributed by atoms with van der Waals surface area (Å²) in [6, 6.07) is 0. The van der Waals surface area contributed by atoms with Gasteiger partial charge in [-0.15, -0.1) is 0 Å². The molecular weight excluding hydrogens is 224 g/mol. The Labute approximate surface area is 112 Å². The van der Waals surface area contributed by atoms with Crippen molar-refractivity contribution in [1.29, 1.82) is 0 Å². The largest absolute Gasteiger partial charge is 0.389 e. The van der Waals surface area contributed by atoms with E-state index in [-0.39, 0.29) is 5.41 Å². The molecule has 106 valence electrons. The molecule has 3 nitrogen and oxygen atoms in total. The highest BCUT2D eigenvalue weighted by molar-refractivity contribution is 5.06. The molecule has 1 aliphatic carbocycles. The molecule has 1 saturated carbocycles. The summed E-state index contributed by atoms with van der Waals surface area (Å²) < 4.78 is 0. The zero-order valence-corrected chi connectivity index (χ0v) is 12.0. The molecule has 4 N–H and O–H groups in total. The fourth-order valence-corrected chi connectivity index (χ4v) is 4.25. The van der Waals surface area contributed by atoms with Crippen molar-refractivity contribution < 1.29 is 5.11 Å². The molecule has 0 aromatic carbocycles. The van der Waals surface area contributed by atoms with Crippen molar-refractivity contribution in [1.82, 2.24) is 5.32 Å². The Bertz CT molecular complexity index is 274. The van der Waals surface area contributed by atoms with Gasteiger partial charge in [0.25, 0.3) is 0 Å². The first kappa shape index (κ1) is 14.3. The van der Waals surface area contributed by atoms with Gasteiger partial charge < -0.3 is 16.2 Å². The number of hydrogen-bond donors (Lipinski definition) is 3. The first-order chi connectivity index (χ1) is 8.58. The summed E-state index contributed by atoms with van der Waals surface area (Å²) in [7, 11) is 0. The maximum absolute atomic E-state index is 11.3. The van der Waals surface area contributed by atoms with Crippen LogP contribution < -0.4 is 11.1 Å². The van der Waals surface area contributed by atoms with E-state index in [2.05, 4.69) is 19.2 Å². The van der Waals surface area contributed by atoms with Gasteiger partial charge in [-0.3, -0.25) is 0 Å². The zero-order valence-electron chi connectivity index (χ0n) is 12.0. The Morgan fingerprint density at radius 2 is 1.94 bits per heavy atom. The van der Waals surface area contributed by atoms with Crippen molar-refractivity contribution in [2.75, 3.05) is 19.6 Å². The second-order valence-electron chi connectivity index (χ2n) is 6.62. The molecule has 18 heavy (non-hydrogen) atoms. The molecule has 0 bridgehead atoms. The van der Waals surface area contributed by atoms with Crippen LogP contribution in [-0.2, 0) is 0 Å². The van der Waals surface area contributed by atoms with Crippen molar-refractivity contribution in [3.05, 3.63) is 0 Å². The average Bonchev–Trinajstić information content (AvgIpc) is 2.42. The Balaban J connectivity index is 2.16. The minimum atomic E-state index is -0.550. The molecule has 2 fully saturated rings. The highest BCUT2D eigenvalue weighted by Gasteiger charge is 2.53. The number of rotatable bonds is 3. The smallest absolute Gasteiger partial charge is 0.0765 e. The molecule has 2 unspecified atom stereocenters. The molecule has 0 aromatic rings. The van der Waals surface area contributed by atoms with Gasteiger partial charge in [0.15, 0.2) is 0 Å². The molecule has 0 radical (unpaired) electrons. The summed E-state index contributed by atoms with van der Waals surface area (Å²) in [4.78, 5) is 0. The Hall–Kier alpha value is -0.120. The van der Waals surface area contributed by atoms with Crippen molar-refractivity contribution in [2.24, 2.45) is 23.0 Å². The normalized spacial score (nSPS) is 46.0. The van der Waals surface area contributed by atoms with Crippen LogP contribution in [0.15, 0.2) is 0 Å². The fraction of sp³-hybridized carbons (Fsp3) is 1.00. The van der Waals surface area contributed by atoms with Crippen LogP contribution >= 0.6 is 0 Å². The quantitative estimate of drug-likeness (QED) is 0.721. The predicted molar refractivity (Wildman–Crippen MR) is 75.3 cm³/mol. The van der Waals surface area contributed by atoms with Gasteiger partial charge in [0.2, 0.25) is 0 Å². The first-order valence-corrected chi connectivity index (χ1v) is 7.71. The number of piperidine rings is 1. The van der Waals surface area contributed by atoms with Crippen molar-refractivity contribution in [2.45, 2.75) is 58.0 Å². The third-order valence-electron chi connectivity index (χ3n) is 5.90. The Morgan fingerprint density at radius 3 is 2.44 bits per heavy atom. The Kier molecular flexibility index (Phi) is 4.35. The van der Waals surface area contributed by atoms with Crippen LogP contribution in [0.1, 0.15) is 52.4 Å². The van der Waals surface area contributed by atoms with Crippen molar-refractivity contribution in [3.8, 4) is 0 Å². The van der Waals surface area contributed by atoms with E-state index in [0.29, 0.717) is 12.5 Å². The third kappa shape index (κ3) is 2.21. The van der Waals surface area contributed by atoms with Crippen LogP contribution in [0.4, 0.5) is 0 Å². The lowest BCUT2D eigenvalue weighted by atomic mass is 9.56. The van der Waals surface area contributed by atoms with E-state index >= 15 is 0 Å². The standard InChI is InChI=1S/C15H30N2O/c1-3-13-4-6-14(11-16,7-5-13)15(18)8-9-17-10-12(15)2/h12-13,17-18H,3-11,16H2,1-2H3. The molecule has 0 spiro atoms. The van der Waals surface area contributed by atoms with Gasteiger partial charge in [-0.1, -0.05) is 20.3 Å². The van der Waals surface area contributed by atoms with Crippen molar-refractivity contribution in [3.63, 3.8) is 0 Å². The van der Waals surface area contributed by atoms with Gasteiger partial charge in [0, 0.05) is 18.5 Å². The summed E-state index contributed by atoms with van der Waals surface area (Å²) in [6.45, 7) is 6.96. The van der Waals surface area contributed by atoms with Crippen LogP contribution in [0.3, 0.4) is 0 Å². The first-order valence-electron chi connectivity index (χ1n) is 7.71. The average molecular weight is 254 g/mol. The second kappa shape index (κ2) is 5.48. The predicted octanol–water partition coefficient (Wildman–Crippen LogP) is 1.89. The maximum atomic E-state index is 11.3. The fourth-order valence-electron chi connectivity index (χ4n) is 4.25. The van der Waals surface area contributed by atoms with E-state index < -0.39 is 5.60 Å².